The minimum absolute atomic E-state index is 0.122. The molecule has 1 unspecified atom stereocenters. The fourth-order valence-electron chi connectivity index (χ4n) is 2.41. The summed E-state index contributed by atoms with van der Waals surface area (Å²) in [5.74, 6) is -0.169. The Hall–Kier alpha value is -1.63. The minimum atomic E-state index is -1.16. The van der Waals surface area contributed by atoms with Crippen molar-refractivity contribution >= 4 is 27.8 Å². The molecule has 0 radical (unpaired) electrons. The number of ether oxygens (including phenoxy) is 2. The van der Waals surface area contributed by atoms with E-state index in [1.165, 1.54) is 6.92 Å². The standard InChI is InChI=1S/C15H19BrN2O4/c1-10(19)22-15(2,3)14(20)18-8-6-11(9-18)21-13-12(16)5-4-7-17-13/h4-5,7,11H,6,8-9H2,1-3H3. The first-order chi connectivity index (χ1) is 10.3. The zero-order valence-corrected chi connectivity index (χ0v) is 14.4. The highest BCUT2D eigenvalue weighted by Gasteiger charge is 2.39. The van der Waals surface area contributed by atoms with Crippen LogP contribution in [-0.4, -0.2) is 46.6 Å². The van der Waals surface area contributed by atoms with Crippen LogP contribution in [0.5, 0.6) is 5.88 Å². The molecular formula is C15H19BrN2O4. The Balaban J connectivity index is 1.96. The Kier molecular flexibility index (Phi) is 5.05. The van der Waals surface area contributed by atoms with E-state index in [9.17, 15) is 9.59 Å². The molecule has 0 aromatic carbocycles. The van der Waals surface area contributed by atoms with Crippen molar-refractivity contribution in [3.05, 3.63) is 22.8 Å². The number of esters is 1. The molecule has 0 saturated carbocycles. The van der Waals surface area contributed by atoms with Gasteiger partial charge in [-0.2, -0.15) is 0 Å². The second-order valence-corrected chi connectivity index (χ2v) is 6.53. The average Bonchev–Trinajstić information content (AvgIpc) is 2.87. The zero-order valence-electron chi connectivity index (χ0n) is 12.8. The molecule has 2 rings (SSSR count). The minimum Gasteiger partial charge on any atom is -0.472 e. The van der Waals surface area contributed by atoms with E-state index in [0.717, 1.165) is 4.47 Å². The average molecular weight is 371 g/mol. The number of hydrogen-bond donors (Lipinski definition) is 0. The molecule has 1 aromatic heterocycles. The van der Waals surface area contributed by atoms with E-state index in [1.807, 2.05) is 12.1 Å². The summed E-state index contributed by atoms with van der Waals surface area (Å²) in [6.45, 7) is 5.51. The number of aromatic nitrogens is 1. The van der Waals surface area contributed by atoms with Crippen LogP contribution >= 0.6 is 15.9 Å². The Morgan fingerprint density at radius 1 is 1.45 bits per heavy atom. The van der Waals surface area contributed by atoms with Crippen LogP contribution < -0.4 is 4.74 Å². The maximum absolute atomic E-state index is 12.4. The van der Waals surface area contributed by atoms with Crippen molar-refractivity contribution < 1.29 is 19.1 Å². The molecule has 1 atom stereocenters. The van der Waals surface area contributed by atoms with Crippen molar-refractivity contribution in [1.29, 1.82) is 0 Å². The highest BCUT2D eigenvalue weighted by atomic mass is 79.9. The van der Waals surface area contributed by atoms with Crippen LogP contribution in [0.3, 0.4) is 0 Å². The third-order valence-corrected chi connectivity index (χ3v) is 3.95. The van der Waals surface area contributed by atoms with Gasteiger partial charge in [-0.05, 0) is 41.9 Å². The summed E-state index contributed by atoms with van der Waals surface area (Å²) in [5.41, 5.74) is -1.16. The van der Waals surface area contributed by atoms with Gasteiger partial charge in [0, 0.05) is 26.1 Å². The van der Waals surface area contributed by atoms with Crippen molar-refractivity contribution in [2.45, 2.75) is 38.9 Å². The highest BCUT2D eigenvalue weighted by Crippen LogP contribution is 2.25. The lowest BCUT2D eigenvalue weighted by Gasteiger charge is -2.28. The molecule has 0 spiro atoms. The normalized spacial score (nSPS) is 18.2. The van der Waals surface area contributed by atoms with Crippen molar-refractivity contribution in [1.82, 2.24) is 9.88 Å². The van der Waals surface area contributed by atoms with E-state index in [4.69, 9.17) is 9.47 Å². The smallest absolute Gasteiger partial charge is 0.303 e. The Morgan fingerprint density at radius 3 is 2.82 bits per heavy atom. The monoisotopic (exact) mass is 370 g/mol. The van der Waals surface area contributed by atoms with Crippen LogP contribution in [0.15, 0.2) is 22.8 Å². The first-order valence-corrected chi connectivity index (χ1v) is 7.85. The summed E-state index contributed by atoms with van der Waals surface area (Å²) in [7, 11) is 0. The topological polar surface area (TPSA) is 68.7 Å². The summed E-state index contributed by atoms with van der Waals surface area (Å²) in [4.78, 5) is 29.3. The van der Waals surface area contributed by atoms with Crippen molar-refractivity contribution in [3.63, 3.8) is 0 Å². The molecule has 22 heavy (non-hydrogen) atoms. The van der Waals surface area contributed by atoms with Crippen LogP contribution in [0.1, 0.15) is 27.2 Å². The van der Waals surface area contributed by atoms with Gasteiger partial charge in [0.2, 0.25) is 5.88 Å². The molecular weight excluding hydrogens is 352 g/mol. The van der Waals surface area contributed by atoms with Gasteiger partial charge in [0.25, 0.3) is 5.91 Å². The van der Waals surface area contributed by atoms with E-state index in [-0.39, 0.29) is 12.0 Å². The highest BCUT2D eigenvalue weighted by molar-refractivity contribution is 9.10. The van der Waals surface area contributed by atoms with Gasteiger partial charge in [-0.15, -0.1) is 0 Å². The van der Waals surface area contributed by atoms with Crippen LogP contribution in [0.25, 0.3) is 0 Å². The van der Waals surface area contributed by atoms with Gasteiger partial charge in [0.05, 0.1) is 11.0 Å². The van der Waals surface area contributed by atoms with Gasteiger partial charge in [-0.25, -0.2) is 4.98 Å². The summed E-state index contributed by atoms with van der Waals surface area (Å²) < 4.78 is 11.7. The van der Waals surface area contributed by atoms with Gasteiger partial charge in [-0.3, -0.25) is 9.59 Å². The maximum atomic E-state index is 12.4. The fourth-order valence-corrected chi connectivity index (χ4v) is 2.76. The molecule has 1 aliphatic rings. The molecule has 2 heterocycles. The number of amides is 1. The lowest BCUT2D eigenvalue weighted by Crippen LogP contribution is -2.47. The van der Waals surface area contributed by atoms with Crippen molar-refractivity contribution in [2.24, 2.45) is 0 Å². The Morgan fingerprint density at radius 2 is 2.18 bits per heavy atom. The second kappa shape index (κ2) is 6.64. The van der Waals surface area contributed by atoms with Gasteiger partial charge < -0.3 is 14.4 Å². The molecule has 7 heteroatoms. The molecule has 120 valence electrons. The SMILES string of the molecule is CC(=O)OC(C)(C)C(=O)N1CCC(Oc2ncccc2Br)C1. The van der Waals surface area contributed by atoms with Crippen LogP contribution in [0.4, 0.5) is 0 Å². The summed E-state index contributed by atoms with van der Waals surface area (Å²) in [5, 5.41) is 0. The largest absolute Gasteiger partial charge is 0.472 e. The molecule has 6 nitrogen and oxygen atoms in total. The number of nitrogens with zero attached hydrogens (tertiary/aromatic N) is 2. The lowest BCUT2D eigenvalue weighted by molar-refractivity contribution is -0.168. The number of hydrogen-bond acceptors (Lipinski definition) is 5. The zero-order chi connectivity index (χ0) is 16.3. The predicted molar refractivity (Wildman–Crippen MR) is 83.4 cm³/mol. The van der Waals surface area contributed by atoms with Gasteiger partial charge in [0.1, 0.15) is 6.10 Å². The third kappa shape index (κ3) is 3.97. The van der Waals surface area contributed by atoms with Crippen molar-refractivity contribution in [3.8, 4) is 5.88 Å². The van der Waals surface area contributed by atoms with Gasteiger partial charge in [0.15, 0.2) is 5.60 Å². The maximum Gasteiger partial charge on any atom is 0.303 e. The molecule has 0 N–H and O–H groups in total. The quantitative estimate of drug-likeness (QED) is 0.759. The predicted octanol–water partition coefficient (Wildman–Crippen LogP) is 2.17. The van der Waals surface area contributed by atoms with E-state index >= 15 is 0 Å². The number of likely N-dealkylation sites (tertiary alicyclic amines) is 1. The molecule has 1 aliphatic heterocycles. The third-order valence-electron chi connectivity index (χ3n) is 3.35. The molecule has 1 amide bonds. The first-order valence-electron chi connectivity index (χ1n) is 7.06. The van der Waals surface area contributed by atoms with Crippen LogP contribution in [-0.2, 0) is 14.3 Å². The summed E-state index contributed by atoms with van der Waals surface area (Å²) in [6, 6.07) is 3.66. The van der Waals surface area contributed by atoms with Crippen LogP contribution in [0, 0.1) is 0 Å². The van der Waals surface area contributed by atoms with E-state index in [1.54, 1.807) is 24.9 Å². The molecule has 1 aromatic rings. The summed E-state index contributed by atoms with van der Waals surface area (Å²) in [6.07, 6.45) is 2.25. The Bertz CT molecular complexity index is 576. The fraction of sp³-hybridized carbons (Fsp3) is 0.533. The van der Waals surface area contributed by atoms with Crippen LogP contribution in [0.2, 0.25) is 0 Å². The van der Waals surface area contributed by atoms with E-state index < -0.39 is 11.6 Å². The van der Waals surface area contributed by atoms with Gasteiger partial charge in [-0.1, -0.05) is 0 Å². The van der Waals surface area contributed by atoms with E-state index in [2.05, 4.69) is 20.9 Å². The van der Waals surface area contributed by atoms with Crippen molar-refractivity contribution in [2.75, 3.05) is 13.1 Å². The number of halogens is 1. The first kappa shape index (κ1) is 16.7. The molecule has 1 fully saturated rings. The number of pyridine rings is 1. The number of carbonyl (C=O) groups excluding carboxylic acids is 2. The molecule has 1 saturated heterocycles. The molecule has 0 bridgehead atoms. The Labute approximate surface area is 137 Å². The number of carbonyl (C=O) groups is 2. The molecule has 0 aliphatic carbocycles. The second-order valence-electron chi connectivity index (χ2n) is 5.67. The van der Waals surface area contributed by atoms with E-state index in [0.29, 0.717) is 25.4 Å². The summed E-state index contributed by atoms with van der Waals surface area (Å²) >= 11 is 3.38. The lowest BCUT2D eigenvalue weighted by atomic mass is 10.1. The number of rotatable bonds is 4. The van der Waals surface area contributed by atoms with Gasteiger partial charge >= 0.3 is 5.97 Å².